The second-order valence-electron chi connectivity index (χ2n) is 7.25. The molecule has 0 spiro atoms. The molecule has 1 heterocycles. The number of benzene rings is 2. The molecule has 0 saturated carbocycles. The van der Waals surface area contributed by atoms with Crippen molar-refractivity contribution >= 4 is 5.57 Å². The summed E-state index contributed by atoms with van der Waals surface area (Å²) in [5.41, 5.74) is 9.38. The van der Waals surface area contributed by atoms with Gasteiger partial charge in [0, 0.05) is 29.3 Å². The Hall–Kier alpha value is -2.67. The number of aromatic nitrogens is 1. The second-order valence-corrected chi connectivity index (χ2v) is 7.25. The van der Waals surface area contributed by atoms with Gasteiger partial charge < -0.3 is 0 Å². The van der Waals surface area contributed by atoms with Crippen LogP contribution in [0.25, 0.3) is 22.4 Å². The average molecular weight is 340 g/mol. The third-order valence-corrected chi connectivity index (χ3v) is 5.38. The van der Waals surface area contributed by atoms with Gasteiger partial charge in [0.25, 0.3) is 0 Å². The highest BCUT2D eigenvalue weighted by molar-refractivity contribution is 5.74. The van der Waals surface area contributed by atoms with Gasteiger partial charge in [-0.05, 0) is 50.7 Å². The first-order chi connectivity index (χ1) is 12.7. The summed E-state index contributed by atoms with van der Waals surface area (Å²) >= 11 is 0. The Morgan fingerprint density at radius 2 is 1.58 bits per heavy atom. The lowest BCUT2D eigenvalue weighted by Crippen LogP contribution is -2.36. The van der Waals surface area contributed by atoms with Crippen molar-refractivity contribution < 1.29 is 4.57 Å². The van der Waals surface area contributed by atoms with Crippen molar-refractivity contribution in [1.29, 1.82) is 0 Å². The lowest BCUT2D eigenvalue weighted by atomic mass is 9.91. The predicted molar refractivity (Wildman–Crippen MR) is 109 cm³/mol. The van der Waals surface area contributed by atoms with Crippen LogP contribution >= 0.6 is 0 Å². The molecule has 0 fully saturated rings. The largest absolute Gasteiger partial charge is 0.217 e. The Balaban J connectivity index is 1.93. The summed E-state index contributed by atoms with van der Waals surface area (Å²) in [6.45, 7) is 4.42. The normalized spacial score (nSPS) is 14.2. The van der Waals surface area contributed by atoms with E-state index in [-0.39, 0.29) is 0 Å². The molecule has 1 heteroatoms. The highest BCUT2D eigenvalue weighted by Crippen LogP contribution is 2.32. The van der Waals surface area contributed by atoms with Gasteiger partial charge in [-0.1, -0.05) is 54.1 Å². The fourth-order valence-electron chi connectivity index (χ4n) is 3.96. The van der Waals surface area contributed by atoms with E-state index in [4.69, 9.17) is 0 Å². The van der Waals surface area contributed by atoms with Gasteiger partial charge in [-0.25, -0.2) is 0 Å². The highest BCUT2D eigenvalue weighted by Gasteiger charge is 2.24. The minimum atomic E-state index is 1.17. The minimum absolute atomic E-state index is 1.17. The van der Waals surface area contributed by atoms with E-state index in [2.05, 4.69) is 91.4 Å². The maximum absolute atomic E-state index is 2.45. The van der Waals surface area contributed by atoms with E-state index < -0.39 is 0 Å². The monoisotopic (exact) mass is 340 g/mol. The summed E-state index contributed by atoms with van der Waals surface area (Å²) in [6.07, 6.45) is 9.65. The maximum Gasteiger partial charge on any atom is 0.217 e. The average Bonchev–Trinajstić information content (AvgIpc) is 2.70. The molecule has 0 unspecified atom stereocenters. The van der Waals surface area contributed by atoms with Crippen molar-refractivity contribution in [3.63, 3.8) is 0 Å². The van der Waals surface area contributed by atoms with Crippen LogP contribution < -0.4 is 4.57 Å². The molecule has 4 rings (SSSR count). The van der Waals surface area contributed by atoms with Crippen LogP contribution in [0.2, 0.25) is 0 Å². The van der Waals surface area contributed by atoms with Crippen molar-refractivity contribution in [2.45, 2.75) is 39.5 Å². The van der Waals surface area contributed by atoms with Gasteiger partial charge in [-0.3, -0.25) is 0 Å². The van der Waals surface area contributed by atoms with Crippen LogP contribution in [-0.4, -0.2) is 0 Å². The molecule has 130 valence electrons. The molecule has 0 saturated heterocycles. The van der Waals surface area contributed by atoms with Crippen LogP contribution in [0.3, 0.4) is 0 Å². The summed E-state index contributed by atoms with van der Waals surface area (Å²) in [5.74, 6) is 0. The maximum atomic E-state index is 2.45. The summed E-state index contributed by atoms with van der Waals surface area (Å²) in [5, 5.41) is 0. The summed E-state index contributed by atoms with van der Waals surface area (Å²) < 4.78 is 2.37. The Labute approximate surface area is 156 Å². The lowest BCUT2D eigenvalue weighted by Gasteiger charge is -2.16. The number of nitrogens with zero attached hydrogens (tertiary/aromatic N) is 1. The molecule has 26 heavy (non-hydrogen) atoms. The first-order valence-electron chi connectivity index (χ1n) is 9.61. The van der Waals surface area contributed by atoms with E-state index in [0.717, 1.165) is 0 Å². The van der Waals surface area contributed by atoms with E-state index in [0.29, 0.717) is 0 Å². The number of hydrogen-bond donors (Lipinski definition) is 0. The second kappa shape index (κ2) is 7.29. The Morgan fingerprint density at radius 1 is 0.808 bits per heavy atom. The summed E-state index contributed by atoms with van der Waals surface area (Å²) in [7, 11) is 0. The smallest absolute Gasteiger partial charge is 0.160 e. The van der Waals surface area contributed by atoms with Gasteiger partial charge >= 0.3 is 0 Å². The zero-order valence-electron chi connectivity index (χ0n) is 15.7. The number of hydrogen-bond acceptors (Lipinski definition) is 0. The SMILES string of the molecule is Cc1ccc(-[n+]2ccc(-c3ccccc3)c(C)c2C2=CCCCC2)cc1. The van der Waals surface area contributed by atoms with E-state index in [9.17, 15) is 0 Å². The van der Waals surface area contributed by atoms with Crippen LogP contribution in [0.5, 0.6) is 0 Å². The molecule has 3 aromatic rings. The van der Waals surface area contributed by atoms with E-state index in [1.165, 1.54) is 64.9 Å². The summed E-state index contributed by atoms with van der Waals surface area (Å²) in [6, 6.07) is 21.8. The van der Waals surface area contributed by atoms with Gasteiger partial charge in [0.1, 0.15) is 0 Å². The molecule has 0 aliphatic heterocycles. The molecule has 2 aromatic carbocycles. The quantitative estimate of drug-likeness (QED) is 0.499. The van der Waals surface area contributed by atoms with E-state index >= 15 is 0 Å². The molecule has 1 aromatic heterocycles. The van der Waals surface area contributed by atoms with Crippen molar-refractivity contribution in [3.05, 3.63) is 89.8 Å². The zero-order chi connectivity index (χ0) is 17.9. The third kappa shape index (κ3) is 3.22. The molecule has 0 radical (unpaired) electrons. The summed E-state index contributed by atoms with van der Waals surface area (Å²) in [4.78, 5) is 0. The van der Waals surface area contributed by atoms with Gasteiger partial charge in [0.05, 0.1) is 0 Å². The topological polar surface area (TPSA) is 3.88 Å². The van der Waals surface area contributed by atoms with Crippen molar-refractivity contribution in [3.8, 4) is 16.8 Å². The molecule has 0 N–H and O–H groups in total. The molecule has 1 aliphatic rings. The minimum Gasteiger partial charge on any atom is -0.160 e. The zero-order valence-corrected chi connectivity index (χ0v) is 15.7. The molecule has 0 amide bonds. The highest BCUT2D eigenvalue weighted by atomic mass is 15.0. The molecule has 0 atom stereocenters. The predicted octanol–water partition coefficient (Wildman–Crippen LogP) is 6.20. The standard InChI is InChI=1S/C25H26N/c1-19-13-15-23(16-14-19)26-18-17-24(21-9-5-3-6-10-21)20(2)25(26)22-11-7-4-8-12-22/h3,5-6,9-11,13-18H,4,7-8,12H2,1-2H3/q+1. The molecule has 1 aliphatic carbocycles. The van der Waals surface area contributed by atoms with Gasteiger partial charge in [-0.15, -0.1) is 0 Å². The van der Waals surface area contributed by atoms with Gasteiger partial charge in [0.2, 0.25) is 11.4 Å². The van der Waals surface area contributed by atoms with E-state index in [1.807, 2.05) is 0 Å². The first-order valence-corrected chi connectivity index (χ1v) is 9.61. The van der Waals surface area contributed by atoms with Gasteiger partial charge in [-0.2, -0.15) is 4.57 Å². The van der Waals surface area contributed by atoms with Gasteiger partial charge in [0.15, 0.2) is 6.20 Å². The van der Waals surface area contributed by atoms with E-state index in [1.54, 1.807) is 0 Å². The van der Waals surface area contributed by atoms with Crippen molar-refractivity contribution in [2.24, 2.45) is 0 Å². The Morgan fingerprint density at radius 3 is 2.27 bits per heavy atom. The number of allylic oxidation sites excluding steroid dienone is 2. The van der Waals surface area contributed by atoms with Crippen molar-refractivity contribution in [2.75, 3.05) is 0 Å². The molecule has 1 nitrogen and oxygen atoms in total. The first kappa shape index (κ1) is 16.8. The number of rotatable bonds is 3. The van der Waals surface area contributed by atoms with Crippen LogP contribution in [-0.2, 0) is 0 Å². The third-order valence-electron chi connectivity index (χ3n) is 5.38. The van der Waals surface area contributed by atoms with Crippen molar-refractivity contribution in [1.82, 2.24) is 0 Å². The number of aryl methyl sites for hydroxylation is 1. The molecular weight excluding hydrogens is 314 g/mol. The number of pyridine rings is 1. The van der Waals surface area contributed by atoms with Crippen LogP contribution in [0, 0.1) is 13.8 Å². The molecular formula is C25H26N+. The lowest BCUT2D eigenvalue weighted by molar-refractivity contribution is -0.598. The van der Waals surface area contributed by atoms with Crippen LogP contribution in [0.15, 0.2) is 72.9 Å². The van der Waals surface area contributed by atoms with Crippen LogP contribution in [0.4, 0.5) is 0 Å². The van der Waals surface area contributed by atoms with Crippen LogP contribution in [0.1, 0.15) is 42.5 Å². The fraction of sp³-hybridized carbons (Fsp3) is 0.240. The molecule has 0 bridgehead atoms. The Kier molecular flexibility index (Phi) is 4.71. The Bertz CT molecular complexity index is 934. The fourth-order valence-corrected chi connectivity index (χ4v) is 3.96.